The number of aromatic nitrogens is 1. The van der Waals surface area contributed by atoms with Crippen LogP contribution in [-0.2, 0) is 14.3 Å². The van der Waals surface area contributed by atoms with Crippen LogP contribution in [0.25, 0.3) is 0 Å². The fourth-order valence-electron chi connectivity index (χ4n) is 7.98. The van der Waals surface area contributed by atoms with E-state index in [1.54, 1.807) is 16.2 Å². The number of nitrogens with zero attached hydrogens (tertiary/aromatic N) is 6. The molecule has 4 aliphatic heterocycles. The zero-order chi connectivity index (χ0) is 31.8. The minimum Gasteiger partial charge on any atom is -0.368 e. The van der Waals surface area contributed by atoms with Crippen molar-refractivity contribution in [3.63, 3.8) is 0 Å². The van der Waals surface area contributed by atoms with Gasteiger partial charge in [-0.25, -0.2) is 4.98 Å². The van der Waals surface area contributed by atoms with Crippen molar-refractivity contribution in [2.75, 3.05) is 87.3 Å². The van der Waals surface area contributed by atoms with E-state index in [0.717, 1.165) is 101 Å². The molecule has 1 aromatic carbocycles. The molecule has 2 aromatic rings. The summed E-state index contributed by atoms with van der Waals surface area (Å²) >= 11 is 1.74. The molecular weight excluding hydrogens is 602 g/mol. The Bertz CT molecular complexity index is 1400. The summed E-state index contributed by atoms with van der Waals surface area (Å²) in [6.07, 6.45) is 4.54. The standard InChI is InChI=1S/C34H47N7O4S/c1-3-23-20-41(30-27(42)21-45-31(23)30)33(44)29(24-6-4-5-7-24)36-32(43)25-8-10-26(11-9-25)38-16-18-39(19-17-38)28-22-46-34(35-28)40-14-12-37(2)13-15-40/h8-11,22-24,29-31H,3-7,12-21H2,1-2H3,(H,36,43)/t23-,29-,30+,31+/m0/s1. The van der Waals surface area contributed by atoms with Gasteiger partial charge in [0.25, 0.3) is 5.91 Å². The lowest BCUT2D eigenvalue weighted by atomic mass is 9.95. The molecule has 12 heteroatoms. The molecule has 0 radical (unpaired) electrons. The van der Waals surface area contributed by atoms with Gasteiger partial charge in [-0.15, -0.1) is 11.3 Å². The number of hydrogen-bond acceptors (Lipinski definition) is 10. The number of thiazole rings is 1. The molecule has 5 aliphatic rings. The van der Waals surface area contributed by atoms with Gasteiger partial charge in [0.1, 0.15) is 24.5 Å². The van der Waals surface area contributed by atoms with Gasteiger partial charge < -0.3 is 34.6 Å². The maximum Gasteiger partial charge on any atom is 0.251 e. The zero-order valence-electron chi connectivity index (χ0n) is 27.1. The Kier molecular flexibility index (Phi) is 9.20. The van der Waals surface area contributed by atoms with Gasteiger partial charge in [0, 0.05) is 81.5 Å². The van der Waals surface area contributed by atoms with Crippen molar-refractivity contribution in [2.45, 2.75) is 57.2 Å². The van der Waals surface area contributed by atoms with Crippen molar-refractivity contribution in [3.05, 3.63) is 35.2 Å². The second kappa shape index (κ2) is 13.5. The van der Waals surface area contributed by atoms with Gasteiger partial charge in [0.2, 0.25) is 5.91 Å². The Labute approximate surface area is 275 Å². The topological polar surface area (TPSA) is 102 Å². The molecule has 0 spiro atoms. The van der Waals surface area contributed by atoms with Crippen LogP contribution < -0.4 is 20.0 Å². The number of fused-ring (bicyclic) bond motifs is 1. The number of Topliss-reactive ketones (excluding diaryl/α,β-unsaturated/α-hetero) is 1. The molecule has 11 nitrogen and oxygen atoms in total. The summed E-state index contributed by atoms with van der Waals surface area (Å²) in [5.41, 5.74) is 1.63. The number of anilines is 3. The van der Waals surface area contributed by atoms with Crippen molar-refractivity contribution in [2.24, 2.45) is 11.8 Å². The highest BCUT2D eigenvalue weighted by Crippen LogP contribution is 2.36. The molecule has 5 fully saturated rings. The number of carbonyl (C=O) groups excluding carboxylic acids is 3. The number of rotatable bonds is 8. The molecule has 1 aromatic heterocycles. The molecule has 248 valence electrons. The molecular formula is C34H47N7O4S. The van der Waals surface area contributed by atoms with Crippen LogP contribution >= 0.6 is 11.3 Å². The normalized spacial score (nSPS) is 26.6. The van der Waals surface area contributed by atoms with E-state index in [4.69, 9.17) is 9.72 Å². The fraction of sp³-hybridized carbons (Fsp3) is 0.647. The Morgan fingerprint density at radius 1 is 0.978 bits per heavy atom. The highest BCUT2D eigenvalue weighted by Gasteiger charge is 2.53. The van der Waals surface area contributed by atoms with Gasteiger partial charge in [0.05, 0.1) is 6.10 Å². The van der Waals surface area contributed by atoms with E-state index < -0.39 is 12.1 Å². The van der Waals surface area contributed by atoms with E-state index in [9.17, 15) is 14.4 Å². The number of likely N-dealkylation sites (tertiary alicyclic amines) is 1. The van der Waals surface area contributed by atoms with E-state index in [-0.39, 0.29) is 42.1 Å². The summed E-state index contributed by atoms with van der Waals surface area (Å²) in [5.74, 6) is 0.906. The van der Waals surface area contributed by atoms with Crippen LogP contribution in [0.15, 0.2) is 29.6 Å². The number of ether oxygens (including phenoxy) is 1. The summed E-state index contributed by atoms with van der Waals surface area (Å²) in [4.78, 5) is 56.5. The third-order valence-electron chi connectivity index (χ3n) is 10.9. The van der Waals surface area contributed by atoms with E-state index in [2.05, 4.69) is 44.3 Å². The van der Waals surface area contributed by atoms with Crippen LogP contribution in [0, 0.1) is 11.8 Å². The van der Waals surface area contributed by atoms with Crippen LogP contribution in [0.5, 0.6) is 0 Å². The highest BCUT2D eigenvalue weighted by molar-refractivity contribution is 7.14. The molecule has 4 atom stereocenters. The van der Waals surface area contributed by atoms with Gasteiger partial charge >= 0.3 is 0 Å². The average molecular weight is 650 g/mol. The Morgan fingerprint density at radius 2 is 1.65 bits per heavy atom. The number of amides is 2. The maximum atomic E-state index is 14.0. The molecule has 1 N–H and O–H groups in total. The quantitative estimate of drug-likeness (QED) is 0.463. The number of carbonyl (C=O) groups is 3. The van der Waals surface area contributed by atoms with Crippen LogP contribution in [0.2, 0.25) is 0 Å². The SMILES string of the molecule is CC[C@H]1CN(C(=O)[C@@H](NC(=O)c2ccc(N3CCN(c4csc(N5CCN(C)CC5)n4)CC3)cc2)C2CCCC2)[C@@H]2C(=O)CO[C@H]12. The van der Waals surface area contributed by atoms with Crippen LogP contribution in [-0.4, -0.2) is 123 Å². The van der Waals surface area contributed by atoms with Crippen molar-refractivity contribution in [1.82, 2.24) is 20.1 Å². The molecule has 0 unspecified atom stereocenters. The predicted octanol–water partition coefficient (Wildman–Crippen LogP) is 2.72. The van der Waals surface area contributed by atoms with E-state index in [1.807, 2.05) is 24.3 Å². The summed E-state index contributed by atoms with van der Waals surface area (Å²) in [6, 6.07) is 6.60. The maximum absolute atomic E-state index is 14.0. The van der Waals surface area contributed by atoms with Gasteiger partial charge in [0.15, 0.2) is 10.9 Å². The highest BCUT2D eigenvalue weighted by atomic mass is 32.1. The van der Waals surface area contributed by atoms with Gasteiger partial charge in [-0.3, -0.25) is 14.4 Å². The van der Waals surface area contributed by atoms with E-state index in [0.29, 0.717) is 12.1 Å². The second-order valence-electron chi connectivity index (χ2n) is 13.6. The van der Waals surface area contributed by atoms with Crippen molar-refractivity contribution in [3.8, 4) is 0 Å². The van der Waals surface area contributed by atoms with Gasteiger partial charge in [-0.1, -0.05) is 19.8 Å². The first-order chi connectivity index (χ1) is 22.4. The third kappa shape index (κ3) is 6.23. The predicted molar refractivity (Wildman–Crippen MR) is 180 cm³/mol. The van der Waals surface area contributed by atoms with Crippen LogP contribution in [0.4, 0.5) is 16.6 Å². The number of ketones is 1. The first-order valence-corrected chi connectivity index (χ1v) is 18.0. The lowest BCUT2D eigenvalue weighted by Gasteiger charge is -2.36. The molecule has 1 saturated carbocycles. The Morgan fingerprint density at radius 3 is 2.35 bits per heavy atom. The minimum absolute atomic E-state index is 0.0239. The monoisotopic (exact) mass is 649 g/mol. The molecule has 5 heterocycles. The fourth-order valence-corrected chi connectivity index (χ4v) is 8.87. The molecule has 2 amide bonds. The average Bonchev–Trinajstić information content (AvgIpc) is 3.91. The summed E-state index contributed by atoms with van der Waals surface area (Å²) < 4.78 is 5.80. The van der Waals surface area contributed by atoms with Crippen LogP contribution in [0.3, 0.4) is 0 Å². The number of benzene rings is 1. The first kappa shape index (κ1) is 31.4. The Hall–Kier alpha value is -3.22. The third-order valence-corrected chi connectivity index (χ3v) is 11.8. The zero-order valence-corrected chi connectivity index (χ0v) is 27.9. The van der Waals surface area contributed by atoms with Crippen LogP contribution in [0.1, 0.15) is 49.4 Å². The molecule has 0 bridgehead atoms. The summed E-state index contributed by atoms with van der Waals surface area (Å²) in [7, 11) is 2.17. The van der Waals surface area contributed by atoms with Gasteiger partial charge in [-0.2, -0.15) is 0 Å². The Balaban J connectivity index is 0.964. The van der Waals surface area contributed by atoms with Gasteiger partial charge in [-0.05, 0) is 56.5 Å². The van der Waals surface area contributed by atoms with Crippen molar-refractivity contribution in [1.29, 1.82) is 0 Å². The molecule has 4 saturated heterocycles. The van der Waals surface area contributed by atoms with Crippen molar-refractivity contribution >= 4 is 45.6 Å². The number of hydrogen-bond donors (Lipinski definition) is 1. The largest absolute Gasteiger partial charge is 0.368 e. The van der Waals surface area contributed by atoms with Crippen molar-refractivity contribution < 1.29 is 19.1 Å². The smallest absolute Gasteiger partial charge is 0.251 e. The summed E-state index contributed by atoms with van der Waals surface area (Å²) in [6.45, 7) is 10.4. The minimum atomic E-state index is -0.630. The van der Waals surface area contributed by atoms with E-state index >= 15 is 0 Å². The second-order valence-corrected chi connectivity index (χ2v) is 14.5. The molecule has 1 aliphatic carbocycles. The number of piperazine rings is 2. The summed E-state index contributed by atoms with van der Waals surface area (Å²) in [5, 5.41) is 6.42. The number of likely N-dealkylation sites (N-methyl/N-ethyl adjacent to an activating group) is 1. The lowest BCUT2D eigenvalue weighted by Crippen LogP contribution is -2.54. The lowest BCUT2D eigenvalue weighted by molar-refractivity contribution is -0.139. The molecule has 46 heavy (non-hydrogen) atoms. The molecule has 7 rings (SSSR count). The first-order valence-electron chi connectivity index (χ1n) is 17.1. The number of nitrogens with one attached hydrogen (secondary N) is 1. The van der Waals surface area contributed by atoms with E-state index in [1.165, 1.54) is 0 Å².